The third-order valence-electron chi connectivity index (χ3n) is 7.14. The normalized spacial score (nSPS) is 20.0. The quantitative estimate of drug-likeness (QED) is 0.527. The van der Waals surface area contributed by atoms with E-state index in [1.165, 1.54) is 12.8 Å². The summed E-state index contributed by atoms with van der Waals surface area (Å²) in [4.78, 5) is 24.0. The van der Waals surface area contributed by atoms with Crippen LogP contribution >= 0.6 is 0 Å². The van der Waals surface area contributed by atoms with Gasteiger partial charge in [-0.15, -0.1) is 0 Å². The molecule has 0 spiro atoms. The molecule has 0 heterocycles. The molecule has 2 atom stereocenters. The first-order chi connectivity index (χ1) is 16.4. The molecule has 7 nitrogen and oxygen atoms in total. The molecule has 0 radical (unpaired) electrons. The van der Waals surface area contributed by atoms with E-state index < -0.39 is 17.8 Å². The van der Waals surface area contributed by atoms with Gasteiger partial charge in [0.05, 0.1) is 38.8 Å². The number of carbonyl (C=O) groups is 2. The molecule has 2 saturated carbocycles. The molecule has 182 valence electrons. The van der Waals surface area contributed by atoms with Crippen molar-refractivity contribution >= 4 is 17.6 Å². The minimum absolute atomic E-state index is 0.243. The lowest BCUT2D eigenvalue weighted by Crippen LogP contribution is -2.41. The standard InChI is InChI=1S/C27H33NO6/c1-16-24(32-2)13-17(14-25(16)33-3)21-9-8-19(12-18(21)15-34-20-6-4-5-7-20)28-26(29)22-10-11-23(22)27(30)31/h8-9,12-14,20,22-23H,4-7,10-11,15H2,1-3H3,(H,28,29)(H,30,31)/t22-,23?/m0/s1. The first-order valence-electron chi connectivity index (χ1n) is 11.9. The summed E-state index contributed by atoms with van der Waals surface area (Å²) in [5, 5.41) is 12.2. The highest BCUT2D eigenvalue weighted by molar-refractivity contribution is 5.96. The van der Waals surface area contributed by atoms with Gasteiger partial charge in [-0.3, -0.25) is 9.59 Å². The van der Waals surface area contributed by atoms with Crippen LogP contribution in [-0.4, -0.2) is 37.3 Å². The van der Waals surface area contributed by atoms with Gasteiger partial charge in [0, 0.05) is 11.3 Å². The van der Waals surface area contributed by atoms with E-state index in [0.29, 0.717) is 25.1 Å². The first kappa shape index (κ1) is 24.1. The lowest BCUT2D eigenvalue weighted by Gasteiger charge is -2.32. The Kier molecular flexibility index (Phi) is 7.41. The Bertz CT molecular complexity index is 1030. The molecule has 2 aliphatic rings. The molecule has 0 aliphatic heterocycles. The molecule has 0 aromatic heterocycles. The SMILES string of the molecule is COc1cc(-c2ccc(NC(=O)[C@H]3CCC3C(=O)O)cc2COC2CCCC2)cc(OC)c1C. The molecular weight excluding hydrogens is 434 g/mol. The van der Waals surface area contributed by atoms with Crippen LogP contribution in [0.4, 0.5) is 5.69 Å². The van der Waals surface area contributed by atoms with Gasteiger partial charge in [-0.1, -0.05) is 18.9 Å². The van der Waals surface area contributed by atoms with Gasteiger partial charge >= 0.3 is 5.97 Å². The highest BCUT2D eigenvalue weighted by Gasteiger charge is 2.41. The molecule has 2 aromatic rings. The van der Waals surface area contributed by atoms with Crippen molar-refractivity contribution in [2.75, 3.05) is 19.5 Å². The van der Waals surface area contributed by atoms with E-state index in [0.717, 1.165) is 46.6 Å². The van der Waals surface area contributed by atoms with E-state index in [1.54, 1.807) is 14.2 Å². The van der Waals surface area contributed by atoms with E-state index in [2.05, 4.69) is 5.32 Å². The zero-order valence-electron chi connectivity index (χ0n) is 20.1. The van der Waals surface area contributed by atoms with Gasteiger partial charge in [0.15, 0.2) is 0 Å². The molecule has 2 aromatic carbocycles. The van der Waals surface area contributed by atoms with Crippen LogP contribution in [-0.2, 0) is 20.9 Å². The summed E-state index contributed by atoms with van der Waals surface area (Å²) in [5.41, 5.74) is 4.42. The smallest absolute Gasteiger partial charge is 0.307 e. The van der Waals surface area contributed by atoms with Gasteiger partial charge in [0.1, 0.15) is 11.5 Å². The Morgan fingerprint density at radius 3 is 2.18 bits per heavy atom. The summed E-state index contributed by atoms with van der Waals surface area (Å²) in [6, 6.07) is 9.70. The molecule has 7 heteroatoms. The van der Waals surface area contributed by atoms with E-state index in [9.17, 15) is 14.7 Å². The number of benzene rings is 2. The van der Waals surface area contributed by atoms with Gasteiger partial charge in [0.25, 0.3) is 0 Å². The van der Waals surface area contributed by atoms with Gasteiger partial charge in [-0.2, -0.15) is 0 Å². The number of anilines is 1. The van der Waals surface area contributed by atoms with E-state index in [4.69, 9.17) is 14.2 Å². The van der Waals surface area contributed by atoms with Crippen molar-refractivity contribution in [3.8, 4) is 22.6 Å². The van der Waals surface area contributed by atoms with Crippen molar-refractivity contribution in [1.29, 1.82) is 0 Å². The van der Waals surface area contributed by atoms with Gasteiger partial charge in [-0.05, 0) is 73.6 Å². The Morgan fingerprint density at radius 1 is 0.971 bits per heavy atom. The van der Waals surface area contributed by atoms with Crippen molar-refractivity contribution < 1.29 is 28.9 Å². The predicted octanol–water partition coefficient (Wildman–Crippen LogP) is 5.19. The fourth-order valence-corrected chi connectivity index (χ4v) is 4.92. The fraction of sp³-hybridized carbons (Fsp3) is 0.481. The van der Waals surface area contributed by atoms with Gasteiger partial charge in [0.2, 0.25) is 5.91 Å². The Labute approximate surface area is 200 Å². The number of rotatable bonds is 9. The van der Waals surface area contributed by atoms with E-state index in [-0.39, 0.29) is 12.0 Å². The molecule has 34 heavy (non-hydrogen) atoms. The predicted molar refractivity (Wildman–Crippen MR) is 129 cm³/mol. The van der Waals surface area contributed by atoms with Crippen molar-refractivity contribution in [2.45, 2.75) is 58.2 Å². The minimum atomic E-state index is -0.908. The number of nitrogens with one attached hydrogen (secondary N) is 1. The molecule has 0 saturated heterocycles. The summed E-state index contributed by atoms with van der Waals surface area (Å²) < 4.78 is 17.4. The lowest BCUT2D eigenvalue weighted by atomic mass is 9.73. The Balaban J connectivity index is 1.63. The summed E-state index contributed by atoms with van der Waals surface area (Å²) in [7, 11) is 3.28. The summed E-state index contributed by atoms with van der Waals surface area (Å²) >= 11 is 0. The second-order valence-electron chi connectivity index (χ2n) is 9.21. The second kappa shape index (κ2) is 10.5. The number of ether oxygens (including phenoxy) is 3. The monoisotopic (exact) mass is 467 g/mol. The zero-order chi connectivity index (χ0) is 24.2. The van der Waals surface area contributed by atoms with Crippen LogP contribution in [0, 0.1) is 18.8 Å². The Hall–Kier alpha value is -3.06. The number of carboxylic acids is 1. The molecule has 2 fully saturated rings. The summed E-state index contributed by atoms with van der Waals surface area (Å²) in [6.07, 6.45) is 5.90. The average Bonchev–Trinajstić information content (AvgIpc) is 3.30. The second-order valence-corrected chi connectivity index (χ2v) is 9.21. The first-order valence-corrected chi connectivity index (χ1v) is 11.9. The van der Waals surface area contributed by atoms with Crippen molar-refractivity contribution in [3.63, 3.8) is 0 Å². The van der Waals surface area contributed by atoms with Crippen molar-refractivity contribution in [1.82, 2.24) is 0 Å². The Morgan fingerprint density at radius 2 is 1.62 bits per heavy atom. The lowest BCUT2D eigenvalue weighted by molar-refractivity contribution is -0.151. The summed E-state index contributed by atoms with van der Waals surface area (Å²) in [6.45, 7) is 2.37. The molecule has 4 rings (SSSR count). The molecule has 1 unspecified atom stereocenters. The number of hydrogen-bond acceptors (Lipinski definition) is 5. The van der Waals surface area contributed by atoms with Crippen LogP contribution in [0.1, 0.15) is 49.7 Å². The number of carbonyl (C=O) groups excluding carboxylic acids is 1. The molecule has 2 N–H and O–H groups in total. The maximum absolute atomic E-state index is 12.7. The topological polar surface area (TPSA) is 94.1 Å². The van der Waals surface area contributed by atoms with E-state index in [1.807, 2.05) is 37.3 Å². The van der Waals surface area contributed by atoms with Crippen LogP contribution in [0.3, 0.4) is 0 Å². The highest BCUT2D eigenvalue weighted by Crippen LogP contribution is 2.38. The number of amides is 1. The van der Waals surface area contributed by atoms with Crippen LogP contribution in [0.5, 0.6) is 11.5 Å². The fourth-order valence-electron chi connectivity index (χ4n) is 4.92. The van der Waals surface area contributed by atoms with E-state index >= 15 is 0 Å². The minimum Gasteiger partial charge on any atom is -0.496 e. The van der Waals surface area contributed by atoms with Crippen molar-refractivity contribution in [3.05, 3.63) is 41.5 Å². The molecule has 0 bridgehead atoms. The van der Waals surface area contributed by atoms with Gasteiger partial charge in [-0.25, -0.2) is 0 Å². The maximum Gasteiger partial charge on any atom is 0.307 e. The number of aliphatic carboxylic acids is 1. The average molecular weight is 468 g/mol. The number of methoxy groups -OCH3 is 2. The zero-order valence-corrected chi connectivity index (χ0v) is 20.1. The van der Waals surface area contributed by atoms with Crippen molar-refractivity contribution in [2.24, 2.45) is 11.8 Å². The molecule has 1 amide bonds. The third-order valence-corrected chi connectivity index (χ3v) is 7.14. The van der Waals surface area contributed by atoms with Crippen LogP contribution in [0.2, 0.25) is 0 Å². The third kappa shape index (κ3) is 5.04. The maximum atomic E-state index is 12.7. The molecule has 2 aliphatic carbocycles. The van der Waals surface area contributed by atoms with Gasteiger partial charge < -0.3 is 24.6 Å². The van der Waals surface area contributed by atoms with Crippen LogP contribution in [0.25, 0.3) is 11.1 Å². The number of carboxylic acid groups (broad SMARTS) is 1. The molecular formula is C27H33NO6. The number of hydrogen-bond donors (Lipinski definition) is 2. The van der Waals surface area contributed by atoms with Crippen LogP contribution in [0.15, 0.2) is 30.3 Å². The van der Waals surface area contributed by atoms with Crippen LogP contribution < -0.4 is 14.8 Å². The highest BCUT2D eigenvalue weighted by atomic mass is 16.5. The largest absolute Gasteiger partial charge is 0.496 e. The summed E-state index contributed by atoms with van der Waals surface area (Å²) in [5.74, 6) is -0.765.